The van der Waals surface area contributed by atoms with Crippen molar-refractivity contribution >= 4 is 26.8 Å². The summed E-state index contributed by atoms with van der Waals surface area (Å²) in [5.41, 5.74) is 6.59. The minimum Gasteiger partial charge on any atom is -0.342 e. The average Bonchev–Trinajstić information content (AvgIpc) is 3.31. The zero-order valence-corrected chi connectivity index (χ0v) is 21.7. The van der Waals surface area contributed by atoms with Crippen molar-refractivity contribution in [1.29, 1.82) is 0 Å². The van der Waals surface area contributed by atoms with Crippen LogP contribution in [0.3, 0.4) is 0 Å². The molecule has 1 saturated heterocycles. The van der Waals surface area contributed by atoms with Crippen LogP contribution in [0.4, 0.5) is 0 Å². The van der Waals surface area contributed by atoms with Gasteiger partial charge in [-0.05, 0) is 78.8 Å². The number of hydrogen-bond acceptors (Lipinski definition) is 3. The van der Waals surface area contributed by atoms with Crippen LogP contribution < -0.4 is 0 Å². The number of hydrogen-bond donors (Lipinski definition) is 0. The Hall–Kier alpha value is -3.38. The predicted octanol–water partition coefficient (Wildman–Crippen LogP) is 5.68. The molecule has 0 saturated carbocycles. The number of rotatable bonds is 3. The van der Waals surface area contributed by atoms with E-state index in [-0.39, 0.29) is 22.3 Å². The number of benzene rings is 3. The molecule has 4 aromatic rings. The monoisotopic (exact) mass is 498 g/mol. The summed E-state index contributed by atoms with van der Waals surface area (Å²) >= 11 is 0. The van der Waals surface area contributed by atoms with Crippen LogP contribution >= 0.6 is 0 Å². The Labute approximate surface area is 212 Å². The molecule has 1 aromatic heterocycles. The molecule has 1 amide bonds. The van der Waals surface area contributed by atoms with Crippen molar-refractivity contribution in [3.05, 3.63) is 89.6 Å². The van der Waals surface area contributed by atoms with E-state index in [1.165, 1.54) is 15.1 Å². The topological polar surface area (TPSA) is 59.4 Å². The van der Waals surface area contributed by atoms with Crippen LogP contribution in [-0.2, 0) is 26.7 Å². The summed E-state index contributed by atoms with van der Waals surface area (Å²) in [5, 5.41) is 0.889. The minimum atomic E-state index is -3.67. The molecule has 3 aromatic carbocycles. The second-order valence-electron chi connectivity index (χ2n) is 10.6. The summed E-state index contributed by atoms with van der Waals surface area (Å²) in [7, 11) is -1.72. The van der Waals surface area contributed by atoms with Gasteiger partial charge >= 0.3 is 0 Å². The van der Waals surface area contributed by atoms with Crippen LogP contribution in [0, 0.1) is 6.92 Å². The molecule has 0 unspecified atom stereocenters. The number of fused-ring (bicyclic) bond motifs is 4. The van der Waals surface area contributed by atoms with Gasteiger partial charge in [0.05, 0.1) is 10.4 Å². The summed E-state index contributed by atoms with van der Waals surface area (Å²) < 4.78 is 27.9. The fraction of sp³-hybridized carbons (Fsp3) is 0.300. The van der Waals surface area contributed by atoms with E-state index in [1.54, 1.807) is 18.3 Å². The van der Waals surface area contributed by atoms with Gasteiger partial charge in [0.15, 0.2) is 0 Å². The number of amides is 1. The van der Waals surface area contributed by atoms with E-state index in [4.69, 9.17) is 0 Å². The number of aromatic nitrogens is 1. The van der Waals surface area contributed by atoms with Crippen molar-refractivity contribution in [3.8, 4) is 11.1 Å². The lowest BCUT2D eigenvalue weighted by Crippen LogP contribution is -2.56. The number of piperidine rings is 1. The standard InChI is InChI=1S/C30H30N2O3S/c1-20-4-9-25(10-5-20)36(34,35)32-17-15-24-19-22(7-12-27(24)32)21-6-11-26-23(18-21)8-13-28-30(26,2)16-14-29(33)31(28)3/h4-7,9-12,15,17-19,28H,8,13-14,16H2,1-3H3/t28-,30-/m1/s1. The number of carbonyl (C=O) groups excluding carboxylic acids is 1. The quantitative estimate of drug-likeness (QED) is 0.365. The van der Waals surface area contributed by atoms with Gasteiger partial charge < -0.3 is 4.90 Å². The highest BCUT2D eigenvalue weighted by Gasteiger charge is 2.46. The molecule has 6 heteroatoms. The molecule has 36 heavy (non-hydrogen) atoms. The SMILES string of the molecule is Cc1ccc(S(=O)(=O)n2ccc3cc(-c4ccc5c(c4)CC[C@H]4N(C)C(=O)CC[C@]54C)ccc32)cc1. The van der Waals surface area contributed by atoms with E-state index >= 15 is 0 Å². The Balaban J connectivity index is 1.36. The Morgan fingerprint density at radius 2 is 1.64 bits per heavy atom. The van der Waals surface area contributed by atoms with Crippen LogP contribution in [0.2, 0.25) is 0 Å². The second kappa shape index (κ2) is 8.07. The Morgan fingerprint density at radius 3 is 2.42 bits per heavy atom. The second-order valence-corrected chi connectivity index (χ2v) is 12.4. The van der Waals surface area contributed by atoms with E-state index in [0.717, 1.165) is 41.3 Å². The zero-order valence-electron chi connectivity index (χ0n) is 20.9. The lowest BCUT2D eigenvalue weighted by Gasteiger charge is -2.50. The Bertz CT molecular complexity index is 1620. The van der Waals surface area contributed by atoms with Gasteiger partial charge in [-0.15, -0.1) is 0 Å². The molecule has 1 fully saturated rings. The lowest BCUT2D eigenvalue weighted by molar-refractivity contribution is -0.138. The summed E-state index contributed by atoms with van der Waals surface area (Å²) in [6.07, 6.45) is 5.06. The molecule has 1 aliphatic heterocycles. The lowest BCUT2D eigenvalue weighted by atomic mass is 9.63. The van der Waals surface area contributed by atoms with Gasteiger partial charge in [-0.2, -0.15) is 0 Å². The molecule has 6 rings (SSSR count). The molecule has 2 heterocycles. The van der Waals surface area contributed by atoms with E-state index in [1.807, 2.05) is 49.2 Å². The van der Waals surface area contributed by atoms with Gasteiger partial charge in [-0.1, -0.05) is 48.9 Å². The van der Waals surface area contributed by atoms with E-state index in [2.05, 4.69) is 31.2 Å². The Morgan fingerprint density at radius 1 is 0.917 bits per heavy atom. The highest BCUT2D eigenvalue weighted by Crippen LogP contribution is 2.46. The maximum absolute atomic E-state index is 13.3. The van der Waals surface area contributed by atoms with Crippen molar-refractivity contribution in [2.75, 3.05) is 7.05 Å². The number of nitrogens with zero attached hydrogens (tertiary/aromatic N) is 2. The first-order valence-electron chi connectivity index (χ1n) is 12.5. The van der Waals surface area contributed by atoms with Gasteiger partial charge in [0.25, 0.3) is 10.0 Å². The van der Waals surface area contributed by atoms with E-state index in [0.29, 0.717) is 11.9 Å². The molecule has 0 N–H and O–H groups in total. The summed E-state index contributed by atoms with van der Waals surface area (Å²) in [5.74, 6) is 0.252. The van der Waals surface area contributed by atoms with Gasteiger partial charge in [-0.25, -0.2) is 12.4 Å². The first-order chi connectivity index (χ1) is 17.2. The molecule has 5 nitrogen and oxygen atoms in total. The number of likely N-dealkylation sites (tertiary alicyclic amines) is 1. The fourth-order valence-corrected chi connectivity index (χ4v) is 7.65. The van der Waals surface area contributed by atoms with E-state index in [9.17, 15) is 13.2 Å². The van der Waals surface area contributed by atoms with Crippen molar-refractivity contribution in [1.82, 2.24) is 8.87 Å². The minimum absolute atomic E-state index is 0.0136. The van der Waals surface area contributed by atoms with Gasteiger partial charge in [0, 0.05) is 36.5 Å². The van der Waals surface area contributed by atoms with Crippen LogP contribution in [0.1, 0.15) is 42.9 Å². The van der Waals surface area contributed by atoms with Gasteiger partial charge in [0.1, 0.15) is 0 Å². The molecule has 2 atom stereocenters. The van der Waals surface area contributed by atoms with Crippen molar-refractivity contribution in [2.45, 2.75) is 55.9 Å². The fourth-order valence-electron chi connectivity index (χ4n) is 6.30. The smallest absolute Gasteiger partial charge is 0.268 e. The van der Waals surface area contributed by atoms with Crippen molar-refractivity contribution < 1.29 is 13.2 Å². The van der Waals surface area contributed by atoms with Gasteiger partial charge in [-0.3, -0.25) is 4.79 Å². The molecular formula is C30H30N2O3S. The molecule has 184 valence electrons. The summed E-state index contributed by atoms with van der Waals surface area (Å²) in [6, 6.07) is 21.7. The van der Waals surface area contributed by atoms with Crippen LogP contribution in [0.15, 0.2) is 77.8 Å². The summed E-state index contributed by atoms with van der Waals surface area (Å²) in [4.78, 5) is 14.5. The molecule has 0 radical (unpaired) electrons. The summed E-state index contributed by atoms with van der Waals surface area (Å²) in [6.45, 7) is 4.25. The van der Waals surface area contributed by atoms with Crippen molar-refractivity contribution in [2.24, 2.45) is 0 Å². The molecular weight excluding hydrogens is 468 g/mol. The molecule has 0 bridgehead atoms. The molecule has 2 aliphatic rings. The largest absolute Gasteiger partial charge is 0.342 e. The highest BCUT2D eigenvalue weighted by atomic mass is 32.2. The van der Waals surface area contributed by atoms with E-state index < -0.39 is 10.0 Å². The third-order valence-corrected chi connectivity index (χ3v) is 10.1. The molecule has 1 aliphatic carbocycles. The maximum Gasteiger partial charge on any atom is 0.268 e. The van der Waals surface area contributed by atoms with Crippen LogP contribution in [-0.4, -0.2) is 36.3 Å². The highest BCUT2D eigenvalue weighted by molar-refractivity contribution is 7.90. The number of aryl methyl sites for hydroxylation is 2. The normalized spacial score (nSPS) is 21.9. The predicted molar refractivity (Wildman–Crippen MR) is 143 cm³/mol. The zero-order chi connectivity index (χ0) is 25.2. The maximum atomic E-state index is 13.3. The molecule has 0 spiro atoms. The number of carbonyl (C=O) groups is 1. The van der Waals surface area contributed by atoms with Crippen LogP contribution in [0.25, 0.3) is 22.0 Å². The van der Waals surface area contributed by atoms with Gasteiger partial charge in [0.2, 0.25) is 5.91 Å². The third kappa shape index (κ3) is 3.42. The third-order valence-electron chi connectivity index (χ3n) is 8.43. The number of likely N-dealkylation sites (N-methyl/N-ethyl adjacent to an activating group) is 1. The first-order valence-corrected chi connectivity index (χ1v) is 14.0. The Kier molecular flexibility index (Phi) is 5.16. The van der Waals surface area contributed by atoms with Crippen molar-refractivity contribution in [3.63, 3.8) is 0 Å². The van der Waals surface area contributed by atoms with Crippen LogP contribution in [0.5, 0.6) is 0 Å². The average molecular weight is 499 g/mol. The first kappa shape index (κ1) is 23.0.